The van der Waals surface area contributed by atoms with Crippen molar-refractivity contribution < 1.29 is 9.59 Å². The fraction of sp³-hybridized carbons (Fsp3) is 0.0714. The molecule has 0 saturated carbocycles. The first kappa shape index (κ1) is 24.9. The van der Waals surface area contributed by atoms with E-state index in [1.165, 1.54) is 11.8 Å². The second-order valence-electron chi connectivity index (χ2n) is 7.79. The molecule has 4 aromatic rings. The molecule has 0 heterocycles. The third-order valence-electron chi connectivity index (χ3n) is 5.07. The third kappa shape index (κ3) is 7.36. The quantitative estimate of drug-likeness (QED) is 0.234. The summed E-state index contributed by atoms with van der Waals surface area (Å²) in [7, 11) is 0. The molecule has 0 radical (unpaired) electrons. The first-order chi connectivity index (χ1) is 17.0. The standard InChI is InChI=1S/C28H22Cl2N2O2S/c29-21-16-22(30)18-24(17-21)32-28(34)27(20-9-5-2-6-10-20)35-25-13-11-23(12-14-25)31-26(33)15-19-7-3-1-4-8-19/h1-14,16-18,27H,15H2,(H,31,33)(H,32,34). The molecule has 176 valence electrons. The minimum Gasteiger partial charge on any atom is -0.326 e. The number of amides is 2. The highest BCUT2D eigenvalue weighted by atomic mass is 35.5. The van der Waals surface area contributed by atoms with Crippen LogP contribution in [-0.2, 0) is 16.0 Å². The molecule has 0 saturated heterocycles. The lowest BCUT2D eigenvalue weighted by Crippen LogP contribution is -2.19. The highest BCUT2D eigenvalue weighted by Gasteiger charge is 2.22. The van der Waals surface area contributed by atoms with Crippen molar-refractivity contribution in [1.29, 1.82) is 0 Å². The molecule has 2 amide bonds. The normalized spacial score (nSPS) is 11.5. The number of carbonyl (C=O) groups is 2. The molecule has 7 heteroatoms. The summed E-state index contributed by atoms with van der Waals surface area (Å²) < 4.78 is 0. The molecule has 4 rings (SSSR count). The molecule has 1 unspecified atom stereocenters. The van der Waals surface area contributed by atoms with Gasteiger partial charge in [0.2, 0.25) is 11.8 Å². The predicted octanol–water partition coefficient (Wildman–Crippen LogP) is 7.65. The Balaban J connectivity index is 1.46. The second kappa shape index (κ2) is 11.9. The summed E-state index contributed by atoms with van der Waals surface area (Å²) >= 11 is 13.6. The van der Waals surface area contributed by atoms with Gasteiger partial charge in [0, 0.05) is 26.3 Å². The van der Waals surface area contributed by atoms with Gasteiger partial charge in [0.1, 0.15) is 5.25 Å². The van der Waals surface area contributed by atoms with Crippen molar-refractivity contribution in [2.45, 2.75) is 16.6 Å². The van der Waals surface area contributed by atoms with Crippen LogP contribution in [-0.4, -0.2) is 11.8 Å². The molecule has 0 fully saturated rings. The molecular formula is C28H22Cl2N2O2S. The molecule has 4 nitrogen and oxygen atoms in total. The number of thioether (sulfide) groups is 1. The molecule has 0 aliphatic carbocycles. The number of hydrogen-bond donors (Lipinski definition) is 2. The Morgan fingerprint density at radius 2 is 1.31 bits per heavy atom. The van der Waals surface area contributed by atoms with E-state index >= 15 is 0 Å². The van der Waals surface area contributed by atoms with Crippen molar-refractivity contribution in [2.24, 2.45) is 0 Å². The largest absolute Gasteiger partial charge is 0.326 e. The summed E-state index contributed by atoms with van der Waals surface area (Å²) in [5.74, 6) is -0.280. The van der Waals surface area contributed by atoms with Crippen LogP contribution in [0.4, 0.5) is 11.4 Å². The van der Waals surface area contributed by atoms with Crippen molar-refractivity contribution >= 4 is 58.2 Å². The zero-order chi connectivity index (χ0) is 24.6. The SMILES string of the molecule is O=C(Cc1ccccc1)Nc1ccc(SC(C(=O)Nc2cc(Cl)cc(Cl)c2)c2ccccc2)cc1. The van der Waals surface area contributed by atoms with Crippen LogP contribution in [0.2, 0.25) is 10.0 Å². The second-order valence-corrected chi connectivity index (χ2v) is 9.84. The van der Waals surface area contributed by atoms with E-state index in [1.807, 2.05) is 84.9 Å². The van der Waals surface area contributed by atoms with E-state index in [9.17, 15) is 9.59 Å². The number of anilines is 2. The van der Waals surface area contributed by atoms with Crippen LogP contribution in [0, 0.1) is 0 Å². The number of halogens is 2. The highest BCUT2D eigenvalue weighted by Crippen LogP contribution is 2.37. The zero-order valence-corrected chi connectivity index (χ0v) is 20.9. The van der Waals surface area contributed by atoms with Crippen molar-refractivity contribution in [3.8, 4) is 0 Å². The molecule has 35 heavy (non-hydrogen) atoms. The minimum absolute atomic E-state index is 0.0849. The van der Waals surface area contributed by atoms with Gasteiger partial charge in [0.25, 0.3) is 0 Å². The Bertz CT molecular complexity index is 1280. The first-order valence-electron chi connectivity index (χ1n) is 10.9. The molecule has 0 aliphatic heterocycles. The Morgan fingerprint density at radius 3 is 1.94 bits per heavy atom. The molecule has 0 aliphatic rings. The topological polar surface area (TPSA) is 58.2 Å². The summed E-state index contributed by atoms with van der Waals surface area (Å²) in [5, 5.41) is 6.22. The maximum atomic E-state index is 13.3. The monoisotopic (exact) mass is 520 g/mol. The molecule has 2 N–H and O–H groups in total. The van der Waals surface area contributed by atoms with Crippen LogP contribution < -0.4 is 10.6 Å². The van der Waals surface area contributed by atoms with E-state index < -0.39 is 5.25 Å². The smallest absolute Gasteiger partial charge is 0.242 e. The maximum absolute atomic E-state index is 13.3. The highest BCUT2D eigenvalue weighted by molar-refractivity contribution is 8.00. The summed E-state index contributed by atoms with van der Waals surface area (Å²) in [6.07, 6.45) is 0.307. The molecule has 0 aromatic heterocycles. The average Bonchev–Trinajstić information content (AvgIpc) is 2.84. The van der Waals surface area contributed by atoms with Crippen LogP contribution in [0.15, 0.2) is 108 Å². The van der Waals surface area contributed by atoms with E-state index in [0.29, 0.717) is 27.8 Å². The maximum Gasteiger partial charge on any atom is 0.242 e. The van der Waals surface area contributed by atoms with Gasteiger partial charge in [0.15, 0.2) is 0 Å². The van der Waals surface area contributed by atoms with Crippen molar-refractivity contribution in [1.82, 2.24) is 0 Å². The van der Waals surface area contributed by atoms with Gasteiger partial charge < -0.3 is 10.6 Å². The molecule has 4 aromatic carbocycles. The van der Waals surface area contributed by atoms with E-state index in [0.717, 1.165) is 16.0 Å². The van der Waals surface area contributed by atoms with Gasteiger partial charge in [-0.25, -0.2) is 0 Å². The number of hydrogen-bond acceptors (Lipinski definition) is 3. The zero-order valence-electron chi connectivity index (χ0n) is 18.6. The van der Waals surface area contributed by atoms with E-state index in [2.05, 4.69) is 10.6 Å². The Kier molecular flexibility index (Phi) is 8.48. The third-order valence-corrected chi connectivity index (χ3v) is 6.77. The Hall–Kier alpha value is -3.25. The molecule has 0 spiro atoms. The number of rotatable bonds is 8. The minimum atomic E-state index is -0.507. The van der Waals surface area contributed by atoms with Gasteiger partial charge in [0.05, 0.1) is 6.42 Å². The number of nitrogens with one attached hydrogen (secondary N) is 2. The fourth-order valence-electron chi connectivity index (χ4n) is 3.47. The first-order valence-corrected chi connectivity index (χ1v) is 12.5. The van der Waals surface area contributed by atoms with Gasteiger partial charge in [-0.05, 0) is 53.6 Å². The Morgan fingerprint density at radius 1 is 0.714 bits per heavy atom. The van der Waals surface area contributed by atoms with Gasteiger partial charge in [-0.1, -0.05) is 83.9 Å². The van der Waals surface area contributed by atoms with Crippen LogP contribution >= 0.6 is 35.0 Å². The molecular weight excluding hydrogens is 499 g/mol. The van der Waals surface area contributed by atoms with Crippen LogP contribution in [0.5, 0.6) is 0 Å². The van der Waals surface area contributed by atoms with Crippen LogP contribution in [0.3, 0.4) is 0 Å². The van der Waals surface area contributed by atoms with E-state index in [-0.39, 0.29) is 11.8 Å². The summed E-state index contributed by atoms with van der Waals surface area (Å²) in [6.45, 7) is 0. The average molecular weight is 521 g/mol. The summed E-state index contributed by atoms with van der Waals surface area (Å²) in [6, 6.07) is 31.5. The summed E-state index contributed by atoms with van der Waals surface area (Å²) in [4.78, 5) is 26.5. The van der Waals surface area contributed by atoms with E-state index in [4.69, 9.17) is 23.2 Å². The fourth-order valence-corrected chi connectivity index (χ4v) is 5.02. The van der Waals surface area contributed by atoms with Crippen molar-refractivity contribution in [3.63, 3.8) is 0 Å². The molecule has 1 atom stereocenters. The molecule has 0 bridgehead atoms. The predicted molar refractivity (Wildman–Crippen MR) is 145 cm³/mol. The van der Waals surface area contributed by atoms with Gasteiger partial charge >= 0.3 is 0 Å². The van der Waals surface area contributed by atoms with E-state index in [1.54, 1.807) is 18.2 Å². The van der Waals surface area contributed by atoms with Crippen molar-refractivity contribution in [3.05, 3.63) is 124 Å². The van der Waals surface area contributed by atoms with Crippen LogP contribution in [0.25, 0.3) is 0 Å². The van der Waals surface area contributed by atoms with Crippen molar-refractivity contribution in [2.75, 3.05) is 10.6 Å². The lowest BCUT2D eigenvalue weighted by molar-refractivity contribution is -0.116. The lowest BCUT2D eigenvalue weighted by Gasteiger charge is -2.18. The number of benzene rings is 4. The van der Waals surface area contributed by atoms with Gasteiger partial charge in [-0.2, -0.15) is 0 Å². The van der Waals surface area contributed by atoms with Gasteiger partial charge in [-0.3, -0.25) is 9.59 Å². The summed E-state index contributed by atoms with van der Waals surface area (Å²) in [5.41, 5.74) is 3.05. The Labute approximate surface area is 218 Å². The number of carbonyl (C=O) groups excluding carboxylic acids is 2. The van der Waals surface area contributed by atoms with Gasteiger partial charge in [-0.15, -0.1) is 11.8 Å². The lowest BCUT2D eigenvalue weighted by atomic mass is 10.1. The van der Waals surface area contributed by atoms with Crippen LogP contribution in [0.1, 0.15) is 16.4 Å².